The zero-order valence-corrected chi connectivity index (χ0v) is 18.5. The van der Waals surface area contributed by atoms with Gasteiger partial charge in [0.1, 0.15) is 17.7 Å². The van der Waals surface area contributed by atoms with Gasteiger partial charge in [0.05, 0.1) is 22.5 Å². The molecule has 1 fully saturated rings. The second-order valence-corrected chi connectivity index (χ2v) is 8.85. The zero-order valence-electron chi connectivity index (χ0n) is 18.5. The fraction of sp³-hybridized carbons (Fsp3) is 0.320. The largest absolute Gasteiger partial charge is 0.368 e. The van der Waals surface area contributed by atoms with Gasteiger partial charge in [0, 0.05) is 42.8 Å². The minimum Gasteiger partial charge on any atom is -0.368 e. The van der Waals surface area contributed by atoms with Gasteiger partial charge >= 0.3 is 0 Å². The Hall–Kier alpha value is -3.70. The van der Waals surface area contributed by atoms with E-state index >= 15 is 0 Å². The number of anilines is 1. The molecular formula is C25H26FN7. The lowest BCUT2D eigenvalue weighted by Gasteiger charge is -2.26. The molecule has 1 aliphatic carbocycles. The maximum absolute atomic E-state index is 14.4. The molecule has 0 saturated heterocycles. The molecule has 3 N–H and O–H groups in total. The van der Waals surface area contributed by atoms with Crippen molar-refractivity contribution in [2.45, 2.75) is 31.7 Å². The highest BCUT2D eigenvalue weighted by molar-refractivity contribution is 5.81. The quantitative estimate of drug-likeness (QED) is 0.477. The third-order valence-electron chi connectivity index (χ3n) is 6.34. The van der Waals surface area contributed by atoms with Gasteiger partial charge in [-0.25, -0.2) is 9.07 Å². The highest BCUT2D eigenvalue weighted by Gasteiger charge is 2.20. The van der Waals surface area contributed by atoms with E-state index in [9.17, 15) is 4.39 Å². The molecule has 2 heterocycles. The number of hydrogen-bond acceptors (Lipinski definition) is 5. The SMILES string of the molecule is Cn1cc2ccc(-n3nc(NCC4CCC[C@H](N)C4)cc3-c3ccc(C#N)c(F)c3)cc2n1. The molecule has 1 saturated carbocycles. The first kappa shape index (κ1) is 21.2. The standard InChI is InChI=1S/C25H26FN7/c1-32-15-19-7-8-21(11-23(19)30-32)33-24(17-5-6-18(13-27)22(26)10-17)12-25(31-33)29-14-16-3-2-4-20(28)9-16/h5-8,10-12,15-16,20H,2-4,9,14,28H2,1H3,(H,29,31)/t16?,20-/m0/s1. The van der Waals surface area contributed by atoms with E-state index in [4.69, 9.17) is 16.1 Å². The van der Waals surface area contributed by atoms with Gasteiger partial charge in [-0.15, -0.1) is 5.10 Å². The van der Waals surface area contributed by atoms with E-state index in [1.165, 1.54) is 12.1 Å². The molecule has 33 heavy (non-hydrogen) atoms. The summed E-state index contributed by atoms with van der Waals surface area (Å²) < 4.78 is 18.0. The summed E-state index contributed by atoms with van der Waals surface area (Å²) in [5, 5.41) is 22.9. The van der Waals surface area contributed by atoms with Crippen LogP contribution in [0.3, 0.4) is 0 Å². The number of halogens is 1. The Balaban J connectivity index is 1.52. The number of nitrogens with two attached hydrogens (primary N) is 1. The van der Waals surface area contributed by atoms with E-state index in [1.54, 1.807) is 15.4 Å². The predicted octanol–water partition coefficient (Wildman–Crippen LogP) is 4.37. The van der Waals surface area contributed by atoms with Crippen LogP contribution in [0.4, 0.5) is 10.2 Å². The average Bonchev–Trinajstić information content (AvgIpc) is 3.40. The summed E-state index contributed by atoms with van der Waals surface area (Å²) in [4.78, 5) is 0. The van der Waals surface area contributed by atoms with Crippen molar-refractivity contribution >= 4 is 16.7 Å². The van der Waals surface area contributed by atoms with Crippen molar-refractivity contribution in [1.82, 2.24) is 19.6 Å². The third kappa shape index (κ3) is 4.32. The number of nitrogens with zero attached hydrogens (tertiary/aromatic N) is 5. The van der Waals surface area contributed by atoms with Crippen molar-refractivity contribution in [2.75, 3.05) is 11.9 Å². The second kappa shape index (κ2) is 8.68. The second-order valence-electron chi connectivity index (χ2n) is 8.85. The van der Waals surface area contributed by atoms with Crippen LogP contribution < -0.4 is 11.1 Å². The van der Waals surface area contributed by atoms with E-state index < -0.39 is 5.82 Å². The Morgan fingerprint density at radius 1 is 1.18 bits per heavy atom. The minimum atomic E-state index is -0.548. The number of fused-ring (bicyclic) bond motifs is 1. The highest BCUT2D eigenvalue weighted by Crippen LogP contribution is 2.30. The molecule has 2 atom stereocenters. The molecule has 8 heteroatoms. The van der Waals surface area contributed by atoms with Crippen molar-refractivity contribution in [2.24, 2.45) is 18.7 Å². The number of nitrogens with one attached hydrogen (secondary N) is 1. The van der Waals surface area contributed by atoms with Crippen LogP contribution in [0.5, 0.6) is 0 Å². The summed E-state index contributed by atoms with van der Waals surface area (Å²) in [7, 11) is 1.89. The van der Waals surface area contributed by atoms with Gasteiger partial charge < -0.3 is 11.1 Å². The van der Waals surface area contributed by atoms with Crippen LogP contribution in [-0.2, 0) is 7.05 Å². The number of benzene rings is 2. The smallest absolute Gasteiger partial charge is 0.149 e. The Morgan fingerprint density at radius 3 is 2.85 bits per heavy atom. The number of rotatable bonds is 5. The molecule has 1 unspecified atom stereocenters. The van der Waals surface area contributed by atoms with Gasteiger partial charge in [-0.3, -0.25) is 4.68 Å². The van der Waals surface area contributed by atoms with Crippen molar-refractivity contribution in [3.05, 3.63) is 60.0 Å². The molecule has 0 amide bonds. The summed E-state index contributed by atoms with van der Waals surface area (Å²) in [6, 6.07) is 14.6. The number of aromatic nitrogens is 4. The van der Waals surface area contributed by atoms with Crippen molar-refractivity contribution < 1.29 is 4.39 Å². The molecule has 7 nitrogen and oxygen atoms in total. The monoisotopic (exact) mass is 443 g/mol. The van der Waals surface area contributed by atoms with Crippen LogP contribution in [0.25, 0.3) is 27.8 Å². The lowest BCUT2D eigenvalue weighted by Crippen LogP contribution is -2.31. The molecule has 0 spiro atoms. The first-order valence-electron chi connectivity index (χ1n) is 11.2. The lowest BCUT2D eigenvalue weighted by atomic mass is 9.86. The van der Waals surface area contributed by atoms with Crippen LogP contribution in [0.15, 0.2) is 48.7 Å². The molecule has 5 rings (SSSR count). The Bertz CT molecular complexity index is 1350. The summed E-state index contributed by atoms with van der Waals surface area (Å²) >= 11 is 0. The van der Waals surface area contributed by atoms with E-state index in [0.717, 1.165) is 60.3 Å². The average molecular weight is 444 g/mol. The Labute approximate surface area is 191 Å². The van der Waals surface area contributed by atoms with Crippen LogP contribution in [0, 0.1) is 23.1 Å². The van der Waals surface area contributed by atoms with Gasteiger partial charge in [0.25, 0.3) is 0 Å². The number of nitriles is 1. The van der Waals surface area contributed by atoms with E-state index in [1.807, 2.05) is 43.6 Å². The van der Waals surface area contributed by atoms with Crippen molar-refractivity contribution in [1.29, 1.82) is 5.26 Å². The van der Waals surface area contributed by atoms with Crippen LogP contribution in [-0.4, -0.2) is 32.1 Å². The summed E-state index contributed by atoms with van der Waals surface area (Å²) in [6.07, 6.45) is 6.38. The maximum Gasteiger partial charge on any atom is 0.149 e. The van der Waals surface area contributed by atoms with Gasteiger partial charge in [-0.1, -0.05) is 12.5 Å². The minimum absolute atomic E-state index is 0.0201. The van der Waals surface area contributed by atoms with Gasteiger partial charge in [0.15, 0.2) is 0 Å². The zero-order chi connectivity index (χ0) is 22.9. The number of hydrogen-bond donors (Lipinski definition) is 2. The van der Waals surface area contributed by atoms with E-state index in [2.05, 4.69) is 10.4 Å². The third-order valence-corrected chi connectivity index (χ3v) is 6.34. The fourth-order valence-corrected chi connectivity index (χ4v) is 4.66. The Kier molecular flexibility index (Phi) is 5.56. The molecule has 0 radical (unpaired) electrons. The molecular weight excluding hydrogens is 417 g/mol. The summed E-state index contributed by atoms with van der Waals surface area (Å²) in [6.45, 7) is 0.797. The van der Waals surface area contributed by atoms with E-state index in [0.29, 0.717) is 11.5 Å². The topological polar surface area (TPSA) is 97.5 Å². The normalized spacial score (nSPS) is 18.4. The summed E-state index contributed by atoms with van der Waals surface area (Å²) in [5.41, 5.74) is 9.23. The van der Waals surface area contributed by atoms with Crippen molar-refractivity contribution in [3.63, 3.8) is 0 Å². The molecule has 168 valence electrons. The van der Waals surface area contributed by atoms with Gasteiger partial charge in [0.2, 0.25) is 0 Å². The number of aryl methyl sites for hydroxylation is 1. The van der Waals surface area contributed by atoms with Gasteiger partial charge in [-0.2, -0.15) is 10.4 Å². The van der Waals surface area contributed by atoms with Crippen LogP contribution >= 0.6 is 0 Å². The molecule has 0 bridgehead atoms. The molecule has 0 aliphatic heterocycles. The van der Waals surface area contributed by atoms with Gasteiger partial charge in [-0.05, 0) is 55.5 Å². The molecule has 4 aromatic rings. The predicted molar refractivity (Wildman–Crippen MR) is 126 cm³/mol. The molecule has 2 aromatic carbocycles. The maximum atomic E-state index is 14.4. The highest BCUT2D eigenvalue weighted by atomic mass is 19.1. The van der Waals surface area contributed by atoms with Crippen molar-refractivity contribution in [3.8, 4) is 23.0 Å². The first-order valence-corrected chi connectivity index (χ1v) is 11.2. The van der Waals surface area contributed by atoms with Crippen LogP contribution in [0.2, 0.25) is 0 Å². The van der Waals surface area contributed by atoms with Crippen LogP contribution in [0.1, 0.15) is 31.2 Å². The summed E-state index contributed by atoms with van der Waals surface area (Å²) in [5.74, 6) is 0.684. The fourth-order valence-electron chi connectivity index (χ4n) is 4.66. The Morgan fingerprint density at radius 2 is 2.06 bits per heavy atom. The molecule has 2 aromatic heterocycles. The first-order chi connectivity index (χ1) is 16.0. The molecule has 1 aliphatic rings. The van der Waals surface area contributed by atoms with E-state index in [-0.39, 0.29) is 11.6 Å². The lowest BCUT2D eigenvalue weighted by molar-refractivity contribution is 0.335.